The van der Waals surface area contributed by atoms with Crippen LogP contribution < -0.4 is 0 Å². The van der Waals surface area contributed by atoms with Gasteiger partial charge < -0.3 is 0 Å². The summed E-state index contributed by atoms with van der Waals surface area (Å²) in [5.41, 5.74) is 7.69. The van der Waals surface area contributed by atoms with E-state index in [0.29, 0.717) is 0 Å². The highest BCUT2D eigenvalue weighted by atomic mass is 32.1. The van der Waals surface area contributed by atoms with Crippen molar-refractivity contribution in [2.75, 3.05) is 0 Å². The summed E-state index contributed by atoms with van der Waals surface area (Å²) in [6, 6.07) is 0. The first-order chi connectivity index (χ1) is 12.3. The molecule has 0 radical (unpaired) electrons. The molecule has 0 saturated heterocycles. The molecule has 0 heterocycles. The Hall–Kier alpha value is -1.73. The Morgan fingerprint density at radius 1 is 1.04 bits per heavy atom. The second-order valence-corrected chi connectivity index (χ2v) is 7.20. The van der Waals surface area contributed by atoms with E-state index in [-0.39, 0.29) is 0 Å². The minimum absolute atomic E-state index is 0.756. The molecule has 0 fully saturated rings. The first kappa shape index (κ1) is 24.3. The van der Waals surface area contributed by atoms with Gasteiger partial charge in [0.25, 0.3) is 0 Å². The lowest BCUT2D eigenvalue weighted by molar-refractivity contribution is 0.811. The molecule has 0 aliphatic rings. The lowest BCUT2D eigenvalue weighted by Gasteiger charge is -2.14. The van der Waals surface area contributed by atoms with E-state index >= 15 is 0 Å². The summed E-state index contributed by atoms with van der Waals surface area (Å²) in [6.07, 6.45) is 16.6. The number of rotatable bonds is 11. The molecule has 1 heteroatoms. The molecule has 0 nitrogen and oxygen atoms in total. The summed E-state index contributed by atoms with van der Waals surface area (Å²) in [6.45, 7) is 22.6. The highest BCUT2D eigenvalue weighted by molar-refractivity contribution is 7.84. The third-order valence-electron chi connectivity index (χ3n) is 4.38. The zero-order chi connectivity index (χ0) is 20.1. The van der Waals surface area contributed by atoms with Crippen LogP contribution in [0.1, 0.15) is 60.3 Å². The maximum atomic E-state index is 4.24. The van der Waals surface area contributed by atoms with Crippen LogP contribution in [0.25, 0.3) is 0 Å². The van der Waals surface area contributed by atoms with Crippen LogP contribution in [0.15, 0.2) is 94.5 Å². The molecule has 0 N–H and O–H groups in total. The molecular formula is C25H36S. The molecule has 0 aromatic heterocycles. The van der Waals surface area contributed by atoms with Crippen molar-refractivity contribution >= 4 is 12.6 Å². The van der Waals surface area contributed by atoms with Crippen LogP contribution in [0, 0.1) is 0 Å². The van der Waals surface area contributed by atoms with E-state index < -0.39 is 0 Å². The van der Waals surface area contributed by atoms with Crippen LogP contribution in [0.4, 0.5) is 0 Å². The monoisotopic (exact) mass is 368 g/mol. The zero-order valence-corrected chi connectivity index (χ0v) is 18.3. The Morgan fingerprint density at radius 3 is 2.15 bits per heavy atom. The summed E-state index contributed by atoms with van der Waals surface area (Å²) in [7, 11) is 0. The van der Waals surface area contributed by atoms with E-state index in [9.17, 15) is 0 Å². The SMILES string of the molecule is C=C/C=C(\C=C(\C)CC)CCC\C(C(=C)C)=C(C)/C(/C=C\C(=C)S)=C/C. The molecule has 26 heavy (non-hydrogen) atoms. The molecule has 0 aromatic carbocycles. The molecule has 0 amide bonds. The van der Waals surface area contributed by atoms with Crippen molar-refractivity contribution in [2.45, 2.75) is 60.3 Å². The van der Waals surface area contributed by atoms with Gasteiger partial charge in [-0.1, -0.05) is 68.2 Å². The van der Waals surface area contributed by atoms with Gasteiger partial charge in [-0.2, -0.15) is 0 Å². The van der Waals surface area contributed by atoms with Crippen LogP contribution in [-0.2, 0) is 0 Å². The van der Waals surface area contributed by atoms with Crippen molar-refractivity contribution in [3.63, 3.8) is 0 Å². The van der Waals surface area contributed by atoms with Crippen molar-refractivity contribution in [3.05, 3.63) is 94.5 Å². The number of allylic oxidation sites excluding steroid dienone is 12. The minimum atomic E-state index is 0.756. The molecule has 0 aliphatic heterocycles. The number of hydrogen-bond acceptors (Lipinski definition) is 1. The fraction of sp³-hybridized carbons (Fsp3) is 0.360. The smallest absolute Gasteiger partial charge is 0.00318 e. The summed E-state index contributed by atoms with van der Waals surface area (Å²) < 4.78 is 0. The summed E-state index contributed by atoms with van der Waals surface area (Å²) in [5.74, 6) is 0. The van der Waals surface area contributed by atoms with E-state index in [1.165, 1.54) is 27.9 Å². The van der Waals surface area contributed by atoms with Crippen LogP contribution in [0.2, 0.25) is 0 Å². The summed E-state index contributed by atoms with van der Waals surface area (Å²) in [4.78, 5) is 0.756. The quantitative estimate of drug-likeness (QED) is 0.274. The van der Waals surface area contributed by atoms with Crippen molar-refractivity contribution < 1.29 is 0 Å². The average molecular weight is 369 g/mol. The van der Waals surface area contributed by atoms with Crippen LogP contribution in [-0.4, -0.2) is 0 Å². The third-order valence-corrected chi connectivity index (χ3v) is 4.53. The molecule has 0 saturated carbocycles. The third kappa shape index (κ3) is 9.68. The second kappa shape index (κ2) is 13.5. The van der Waals surface area contributed by atoms with Crippen LogP contribution in [0.5, 0.6) is 0 Å². The van der Waals surface area contributed by atoms with Gasteiger partial charge in [0.1, 0.15) is 0 Å². The fourth-order valence-electron chi connectivity index (χ4n) is 2.76. The molecule has 0 unspecified atom stereocenters. The van der Waals surface area contributed by atoms with Gasteiger partial charge in [0, 0.05) is 0 Å². The van der Waals surface area contributed by atoms with Gasteiger partial charge in [-0.05, 0) is 86.7 Å². The fourth-order valence-corrected chi connectivity index (χ4v) is 2.84. The van der Waals surface area contributed by atoms with Crippen molar-refractivity contribution in [1.82, 2.24) is 0 Å². The maximum Gasteiger partial charge on any atom is -0.00318 e. The standard InChI is InChI=1S/C25H36S/c1-9-13-23(18-20(6)10-2)14-12-15-25(19(4)5)22(8)24(11-3)17-16-21(7)26/h9,11,13,16-18,26H,1,4,7,10,12,14-15H2,2-3,5-6,8H3/b17-16-,20-18-,23-13-,24-11+,25-22+. The van der Waals surface area contributed by atoms with Gasteiger partial charge in [0.2, 0.25) is 0 Å². The van der Waals surface area contributed by atoms with Crippen LogP contribution in [0.3, 0.4) is 0 Å². The minimum Gasteiger partial charge on any atom is -0.144 e. The van der Waals surface area contributed by atoms with E-state index in [2.05, 4.69) is 91.3 Å². The molecule has 0 rings (SSSR count). The number of hydrogen-bond donors (Lipinski definition) is 1. The lowest BCUT2D eigenvalue weighted by Crippen LogP contribution is -1.95. The lowest BCUT2D eigenvalue weighted by atomic mass is 9.91. The highest BCUT2D eigenvalue weighted by Crippen LogP contribution is 2.27. The topological polar surface area (TPSA) is 0 Å². The molecule has 0 atom stereocenters. The second-order valence-electron chi connectivity index (χ2n) is 6.63. The van der Waals surface area contributed by atoms with Crippen molar-refractivity contribution in [2.24, 2.45) is 0 Å². The maximum absolute atomic E-state index is 4.24. The van der Waals surface area contributed by atoms with Gasteiger partial charge >= 0.3 is 0 Å². The molecular weight excluding hydrogens is 332 g/mol. The molecule has 0 aliphatic carbocycles. The average Bonchev–Trinajstić information content (AvgIpc) is 2.58. The van der Waals surface area contributed by atoms with Gasteiger partial charge in [-0.25, -0.2) is 0 Å². The van der Waals surface area contributed by atoms with Gasteiger partial charge in [-0.15, -0.1) is 12.6 Å². The Kier molecular flexibility index (Phi) is 12.6. The Labute approximate surface area is 167 Å². The summed E-state index contributed by atoms with van der Waals surface area (Å²) in [5, 5.41) is 0. The molecule has 0 spiro atoms. The van der Waals surface area contributed by atoms with Crippen LogP contribution >= 0.6 is 12.6 Å². The van der Waals surface area contributed by atoms with E-state index in [1.807, 2.05) is 12.2 Å². The van der Waals surface area contributed by atoms with Gasteiger partial charge in [0.05, 0.1) is 0 Å². The predicted molar refractivity (Wildman–Crippen MR) is 125 cm³/mol. The summed E-state index contributed by atoms with van der Waals surface area (Å²) >= 11 is 4.24. The molecule has 0 bridgehead atoms. The van der Waals surface area contributed by atoms with E-state index in [0.717, 1.165) is 36.2 Å². The number of thiol groups is 1. The zero-order valence-electron chi connectivity index (χ0n) is 17.4. The van der Waals surface area contributed by atoms with E-state index in [1.54, 1.807) is 0 Å². The first-order valence-electron chi connectivity index (χ1n) is 9.33. The predicted octanol–water partition coefficient (Wildman–Crippen LogP) is 8.46. The Bertz CT molecular complexity index is 660. The first-order valence-corrected chi connectivity index (χ1v) is 9.78. The van der Waals surface area contributed by atoms with Gasteiger partial charge in [-0.3, -0.25) is 0 Å². The highest BCUT2D eigenvalue weighted by Gasteiger charge is 2.07. The Balaban J connectivity index is 5.35. The normalized spacial score (nSPS) is 14.5. The molecule has 142 valence electrons. The molecule has 0 aromatic rings. The van der Waals surface area contributed by atoms with Crippen molar-refractivity contribution in [1.29, 1.82) is 0 Å². The van der Waals surface area contributed by atoms with Crippen molar-refractivity contribution in [3.8, 4) is 0 Å². The largest absolute Gasteiger partial charge is 0.144 e. The Morgan fingerprint density at radius 2 is 1.69 bits per heavy atom. The van der Waals surface area contributed by atoms with Gasteiger partial charge in [0.15, 0.2) is 0 Å². The van der Waals surface area contributed by atoms with E-state index in [4.69, 9.17) is 0 Å².